The summed E-state index contributed by atoms with van der Waals surface area (Å²) in [5.41, 5.74) is 4.51. The molecule has 0 saturated carbocycles. The zero-order valence-electron chi connectivity index (χ0n) is 23.9. The fourth-order valence-electron chi connectivity index (χ4n) is 5.29. The molecule has 1 saturated heterocycles. The first kappa shape index (κ1) is 26.8. The topological polar surface area (TPSA) is 133 Å². The van der Waals surface area contributed by atoms with Crippen LogP contribution >= 0.6 is 0 Å². The van der Waals surface area contributed by atoms with E-state index in [1.54, 1.807) is 22.0 Å². The minimum atomic E-state index is -0.501. The zero-order chi connectivity index (χ0) is 28.6. The van der Waals surface area contributed by atoms with E-state index in [9.17, 15) is 4.79 Å². The van der Waals surface area contributed by atoms with Gasteiger partial charge in [-0.15, -0.1) is 5.10 Å². The summed E-state index contributed by atoms with van der Waals surface area (Å²) >= 11 is 0. The molecule has 13 heteroatoms. The molecule has 6 heterocycles. The van der Waals surface area contributed by atoms with Gasteiger partial charge in [0, 0.05) is 69.5 Å². The van der Waals surface area contributed by atoms with Crippen LogP contribution in [0.15, 0.2) is 37.1 Å². The van der Waals surface area contributed by atoms with Crippen LogP contribution in [0.2, 0.25) is 0 Å². The molecule has 0 aromatic carbocycles. The van der Waals surface area contributed by atoms with E-state index in [-0.39, 0.29) is 6.09 Å². The number of carbonyl (C=O) groups is 1. The number of ether oxygens (including phenoxy) is 1. The fraction of sp³-hybridized carbons (Fsp3) is 0.500. The van der Waals surface area contributed by atoms with Crippen molar-refractivity contribution in [2.24, 2.45) is 13.0 Å². The van der Waals surface area contributed by atoms with E-state index in [2.05, 4.69) is 31.4 Å². The molecule has 0 spiro atoms. The Hall–Kier alpha value is -4.42. The minimum Gasteiger partial charge on any atom is -0.444 e. The van der Waals surface area contributed by atoms with Gasteiger partial charge in [-0.3, -0.25) is 4.68 Å². The Kier molecular flexibility index (Phi) is 7.10. The van der Waals surface area contributed by atoms with Crippen molar-refractivity contribution in [3.8, 4) is 11.3 Å². The number of hydrogen-bond acceptors (Lipinski definition) is 10. The van der Waals surface area contributed by atoms with Crippen LogP contribution in [0.1, 0.15) is 45.6 Å². The molecule has 1 amide bonds. The number of hydrogen-bond donors (Lipinski definition) is 0. The van der Waals surface area contributed by atoms with E-state index in [4.69, 9.17) is 19.7 Å². The molecule has 0 bridgehead atoms. The molecule has 2 aliphatic heterocycles. The number of aromatic nitrogens is 9. The van der Waals surface area contributed by atoms with Gasteiger partial charge in [0.25, 0.3) is 0 Å². The van der Waals surface area contributed by atoms with Gasteiger partial charge in [0.1, 0.15) is 5.60 Å². The summed E-state index contributed by atoms with van der Waals surface area (Å²) in [6.07, 6.45) is 13.8. The Labute approximate surface area is 238 Å². The van der Waals surface area contributed by atoms with Crippen molar-refractivity contribution in [2.45, 2.75) is 52.2 Å². The summed E-state index contributed by atoms with van der Waals surface area (Å²) in [5, 5.41) is 12.8. The van der Waals surface area contributed by atoms with Crippen LogP contribution in [-0.2, 0) is 18.3 Å². The van der Waals surface area contributed by atoms with Crippen molar-refractivity contribution in [1.29, 1.82) is 0 Å². The predicted molar refractivity (Wildman–Crippen MR) is 153 cm³/mol. The Morgan fingerprint density at radius 2 is 1.90 bits per heavy atom. The quantitative estimate of drug-likeness (QED) is 0.360. The first-order valence-electron chi connectivity index (χ1n) is 14.0. The van der Waals surface area contributed by atoms with Gasteiger partial charge in [-0.2, -0.15) is 5.10 Å². The highest BCUT2D eigenvalue weighted by Crippen LogP contribution is 2.26. The zero-order valence-corrected chi connectivity index (χ0v) is 23.9. The number of nitrogens with zero attached hydrogens (tertiary/aromatic N) is 11. The second-order valence-electron chi connectivity index (χ2n) is 11.7. The second-order valence-corrected chi connectivity index (χ2v) is 11.7. The fourth-order valence-corrected chi connectivity index (χ4v) is 5.29. The van der Waals surface area contributed by atoms with E-state index in [0.717, 1.165) is 60.7 Å². The van der Waals surface area contributed by atoms with Crippen LogP contribution in [0.4, 0.5) is 10.7 Å². The third-order valence-corrected chi connectivity index (χ3v) is 7.33. The molecule has 4 aromatic rings. The third-order valence-electron chi connectivity index (χ3n) is 7.33. The average Bonchev–Trinajstić information content (AvgIpc) is 3.58. The molecule has 0 N–H and O–H groups in total. The highest BCUT2D eigenvalue weighted by Gasteiger charge is 2.26. The summed E-state index contributed by atoms with van der Waals surface area (Å²) in [7, 11) is 1.88. The van der Waals surface area contributed by atoms with Crippen LogP contribution < -0.4 is 4.90 Å². The van der Waals surface area contributed by atoms with E-state index in [1.165, 1.54) is 0 Å². The van der Waals surface area contributed by atoms with Crippen molar-refractivity contribution in [2.75, 3.05) is 31.1 Å². The van der Waals surface area contributed by atoms with E-state index in [0.29, 0.717) is 36.8 Å². The maximum Gasteiger partial charge on any atom is 0.410 e. The molecule has 41 heavy (non-hydrogen) atoms. The molecule has 13 nitrogen and oxygen atoms in total. The Morgan fingerprint density at radius 3 is 2.61 bits per heavy atom. The van der Waals surface area contributed by atoms with Crippen LogP contribution in [0.3, 0.4) is 0 Å². The largest absolute Gasteiger partial charge is 0.444 e. The number of fused-ring (bicyclic) bond motifs is 1. The van der Waals surface area contributed by atoms with Crippen LogP contribution in [-0.4, -0.2) is 87.5 Å². The van der Waals surface area contributed by atoms with Gasteiger partial charge in [0.2, 0.25) is 11.6 Å². The van der Waals surface area contributed by atoms with Gasteiger partial charge in [0.05, 0.1) is 18.1 Å². The highest BCUT2D eigenvalue weighted by molar-refractivity contribution is 5.72. The first-order chi connectivity index (χ1) is 19.7. The van der Waals surface area contributed by atoms with Crippen molar-refractivity contribution in [3.05, 3.63) is 42.6 Å². The van der Waals surface area contributed by atoms with E-state index in [1.807, 2.05) is 51.1 Å². The lowest BCUT2D eigenvalue weighted by Crippen LogP contribution is -2.39. The highest BCUT2D eigenvalue weighted by atomic mass is 16.6. The van der Waals surface area contributed by atoms with Gasteiger partial charge >= 0.3 is 6.09 Å². The summed E-state index contributed by atoms with van der Waals surface area (Å²) < 4.78 is 9.10. The molecule has 2 aliphatic rings. The van der Waals surface area contributed by atoms with Crippen molar-refractivity contribution >= 4 is 28.9 Å². The monoisotopic (exact) mass is 557 g/mol. The molecule has 1 fully saturated rings. The molecule has 6 rings (SSSR count). The van der Waals surface area contributed by atoms with E-state index >= 15 is 0 Å². The second kappa shape index (κ2) is 10.9. The Balaban J connectivity index is 1.09. The lowest BCUT2D eigenvalue weighted by atomic mass is 9.98. The number of anilines is 1. The molecule has 0 aliphatic carbocycles. The van der Waals surface area contributed by atoms with Gasteiger partial charge in [0.15, 0.2) is 5.65 Å². The summed E-state index contributed by atoms with van der Waals surface area (Å²) in [4.78, 5) is 35.0. The average molecular weight is 558 g/mol. The Bertz CT molecular complexity index is 1570. The van der Waals surface area contributed by atoms with Crippen molar-refractivity contribution in [3.63, 3.8) is 0 Å². The van der Waals surface area contributed by atoms with Gasteiger partial charge < -0.3 is 14.5 Å². The number of piperidine rings is 1. The smallest absolute Gasteiger partial charge is 0.410 e. The molecule has 1 unspecified atom stereocenters. The van der Waals surface area contributed by atoms with Gasteiger partial charge in [-0.25, -0.2) is 29.4 Å². The minimum absolute atomic E-state index is 0.279. The first-order valence-corrected chi connectivity index (χ1v) is 14.0. The van der Waals surface area contributed by atoms with Crippen LogP contribution in [0.5, 0.6) is 0 Å². The molecule has 214 valence electrons. The summed E-state index contributed by atoms with van der Waals surface area (Å²) in [6, 6.07) is 0. The molecular formula is C28H35N11O2. The summed E-state index contributed by atoms with van der Waals surface area (Å²) in [6.45, 7) is 9.19. The SMILES string of the molecule is Cn1cc(-c2cnc3nnn(CC4CCCN(c5ncc(C6=CCN(C(=O)OC(C)(C)C)CC6)cn5)C4)c3n2)cn1. The maximum absolute atomic E-state index is 12.4. The lowest BCUT2D eigenvalue weighted by Gasteiger charge is -2.32. The van der Waals surface area contributed by atoms with Crippen molar-refractivity contribution < 1.29 is 9.53 Å². The number of rotatable bonds is 5. The molecule has 0 radical (unpaired) electrons. The normalized spacial score (nSPS) is 18.0. The number of carbonyl (C=O) groups excluding carboxylic acids is 1. The Morgan fingerprint density at radius 1 is 1.07 bits per heavy atom. The predicted octanol–water partition coefficient (Wildman–Crippen LogP) is 3.35. The van der Waals surface area contributed by atoms with Gasteiger partial charge in [-0.05, 0) is 51.5 Å². The van der Waals surface area contributed by atoms with E-state index < -0.39 is 5.60 Å². The molecular weight excluding hydrogens is 522 g/mol. The van der Waals surface area contributed by atoms with Crippen molar-refractivity contribution in [1.82, 2.24) is 49.6 Å². The number of amides is 1. The molecule has 1 atom stereocenters. The standard InChI is InChI=1S/C28H35N11O2/c1-28(2,3)41-27(40)37-10-7-20(8-11-37)21-12-30-26(31-13-21)38-9-5-6-19(16-38)17-39-25-24(34-35-39)29-15-23(33-25)22-14-32-36(4)18-22/h7,12-15,18-19H,5-6,8-11,16-17H2,1-4H3. The van der Waals surface area contributed by atoms with Crippen LogP contribution in [0.25, 0.3) is 28.1 Å². The third kappa shape index (κ3) is 6.03. The van der Waals surface area contributed by atoms with Crippen LogP contribution in [0, 0.1) is 5.92 Å². The number of aryl methyl sites for hydroxylation is 1. The summed E-state index contributed by atoms with van der Waals surface area (Å²) in [5.74, 6) is 1.08. The molecule has 4 aromatic heterocycles. The maximum atomic E-state index is 12.4. The van der Waals surface area contributed by atoms with Gasteiger partial charge in [-0.1, -0.05) is 11.3 Å². The lowest BCUT2D eigenvalue weighted by molar-refractivity contribution is 0.0270.